The minimum Gasteiger partial charge on any atom is -0.497 e. The van der Waals surface area contributed by atoms with Crippen LogP contribution in [0.2, 0.25) is 0 Å². The van der Waals surface area contributed by atoms with E-state index >= 15 is 0 Å². The van der Waals surface area contributed by atoms with Gasteiger partial charge in [0.25, 0.3) is 0 Å². The fourth-order valence-electron chi connectivity index (χ4n) is 4.13. The Bertz CT molecular complexity index is 525. The van der Waals surface area contributed by atoms with Crippen molar-refractivity contribution in [1.82, 2.24) is 4.90 Å². The molecule has 2 fully saturated rings. The lowest BCUT2D eigenvalue weighted by molar-refractivity contribution is -0.135. The maximum Gasteiger partial charge on any atom is 0.223 e. The summed E-state index contributed by atoms with van der Waals surface area (Å²) in [5.74, 6) is 2.28. The Hall–Kier alpha value is -1.51. The Balaban J connectivity index is 1.87. The first-order chi connectivity index (χ1) is 8.78. The molecular weight excluding hydrogens is 226 g/mol. The highest BCUT2D eigenvalue weighted by Gasteiger charge is 2.47. The second-order valence-electron chi connectivity index (χ2n) is 5.68. The molecule has 0 aromatic heterocycles. The molecule has 2 bridgehead atoms. The van der Waals surface area contributed by atoms with Crippen LogP contribution in [-0.4, -0.2) is 30.5 Å². The molecule has 2 aliphatic heterocycles. The van der Waals surface area contributed by atoms with Crippen molar-refractivity contribution in [3.8, 4) is 5.75 Å². The summed E-state index contributed by atoms with van der Waals surface area (Å²) >= 11 is 0. The van der Waals surface area contributed by atoms with Crippen LogP contribution in [0.1, 0.15) is 42.2 Å². The molecule has 3 atom stereocenters. The van der Waals surface area contributed by atoms with Crippen molar-refractivity contribution in [2.24, 2.45) is 0 Å². The van der Waals surface area contributed by atoms with Crippen LogP contribution in [0.5, 0.6) is 5.75 Å². The lowest BCUT2D eigenvalue weighted by Crippen LogP contribution is -2.45. The molecule has 1 aromatic carbocycles. The molecule has 0 radical (unpaired) electrons. The van der Waals surface area contributed by atoms with Gasteiger partial charge in [0.1, 0.15) is 5.75 Å². The summed E-state index contributed by atoms with van der Waals surface area (Å²) in [5, 5.41) is 0. The van der Waals surface area contributed by atoms with Crippen LogP contribution in [0.15, 0.2) is 18.2 Å². The maximum absolute atomic E-state index is 12.1. The lowest BCUT2D eigenvalue weighted by atomic mass is 9.71. The number of fused-ring (bicyclic) bond motifs is 4. The van der Waals surface area contributed by atoms with Crippen molar-refractivity contribution in [2.75, 3.05) is 13.7 Å². The van der Waals surface area contributed by atoms with Gasteiger partial charge in [-0.2, -0.15) is 0 Å². The van der Waals surface area contributed by atoms with Crippen molar-refractivity contribution < 1.29 is 9.53 Å². The molecule has 0 unspecified atom stereocenters. The van der Waals surface area contributed by atoms with Crippen LogP contribution in [0.4, 0.5) is 0 Å². The van der Waals surface area contributed by atoms with Crippen LogP contribution in [0, 0.1) is 0 Å². The molecule has 1 amide bonds. The van der Waals surface area contributed by atoms with Gasteiger partial charge >= 0.3 is 0 Å². The quantitative estimate of drug-likeness (QED) is 0.757. The Morgan fingerprint density at radius 2 is 2.22 bits per heavy atom. The summed E-state index contributed by atoms with van der Waals surface area (Å²) in [4.78, 5) is 14.2. The van der Waals surface area contributed by atoms with E-state index in [-0.39, 0.29) is 0 Å². The van der Waals surface area contributed by atoms with E-state index in [1.54, 1.807) is 7.11 Å². The molecule has 18 heavy (non-hydrogen) atoms. The fraction of sp³-hybridized carbons (Fsp3) is 0.533. The van der Waals surface area contributed by atoms with Gasteiger partial charge in [0.2, 0.25) is 5.91 Å². The van der Waals surface area contributed by atoms with Crippen molar-refractivity contribution in [1.29, 1.82) is 0 Å². The number of ether oxygens (including phenoxy) is 1. The van der Waals surface area contributed by atoms with Crippen LogP contribution in [0.3, 0.4) is 0 Å². The Kier molecular flexibility index (Phi) is 2.02. The van der Waals surface area contributed by atoms with Gasteiger partial charge < -0.3 is 9.64 Å². The minimum atomic E-state index is 0.361. The van der Waals surface area contributed by atoms with Gasteiger partial charge in [-0.05, 0) is 42.0 Å². The number of carbonyl (C=O) groups excluding carboxylic acids is 1. The highest BCUT2D eigenvalue weighted by molar-refractivity contribution is 5.80. The number of amides is 1. The first kappa shape index (κ1) is 10.4. The molecule has 1 aromatic rings. The zero-order valence-electron chi connectivity index (χ0n) is 10.6. The SMILES string of the molecule is COc1ccc2c(c1)[C@@H]1CCN3C(=O)C[C@H]2C[C@H]13. The number of benzene rings is 1. The second kappa shape index (κ2) is 3.50. The number of hydrogen-bond donors (Lipinski definition) is 0. The van der Waals surface area contributed by atoms with E-state index in [1.807, 2.05) is 6.07 Å². The number of piperidine rings is 1. The summed E-state index contributed by atoms with van der Waals surface area (Å²) in [6.45, 7) is 0.942. The predicted octanol–water partition coefficient (Wildman–Crippen LogP) is 2.27. The molecule has 0 spiro atoms. The summed E-state index contributed by atoms with van der Waals surface area (Å²) in [6.07, 6.45) is 2.97. The van der Waals surface area contributed by atoms with Gasteiger partial charge in [-0.25, -0.2) is 0 Å². The number of rotatable bonds is 1. The van der Waals surface area contributed by atoms with E-state index in [2.05, 4.69) is 17.0 Å². The molecule has 1 aliphatic carbocycles. The summed E-state index contributed by atoms with van der Waals surface area (Å²) in [5.41, 5.74) is 2.83. The summed E-state index contributed by atoms with van der Waals surface area (Å²) in [7, 11) is 1.72. The largest absolute Gasteiger partial charge is 0.497 e. The zero-order chi connectivity index (χ0) is 12.3. The van der Waals surface area contributed by atoms with E-state index in [0.29, 0.717) is 30.2 Å². The Morgan fingerprint density at radius 3 is 3.06 bits per heavy atom. The second-order valence-corrected chi connectivity index (χ2v) is 5.68. The minimum absolute atomic E-state index is 0.361. The molecule has 3 nitrogen and oxygen atoms in total. The Morgan fingerprint density at radius 1 is 1.33 bits per heavy atom. The molecule has 0 N–H and O–H groups in total. The average Bonchev–Trinajstić information content (AvgIpc) is 2.84. The highest BCUT2D eigenvalue weighted by atomic mass is 16.5. The molecule has 2 saturated heterocycles. The summed E-state index contributed by atoms with van der Waals surface area (Å²) < 4.78 is 5.35. The van der Waals surface area contributed by atoms with E-state index in [9.17, 15) is 4.79 Å². The lowest BCUT2D eigenvalue weighted by Gasteiger charge is -2.42. The normalized spacial score (nSPS) is 32.4. The smallest absolute Gasteiger partial charge is 0.223 e. The van der Waals surface area contributed by atoms with Gasteiger partial charge in [-0.1, -0.05) is 6.07 Å². The third-order valence-corrected chi connectivity index (χ3v) is 4.95. The van der Waals surface area contributed by atoms with Gasteiger partial charge in [-0.15, -0.1) is 0 Å². The van der Waals surface area contributed by atoms with Gasteiger partial charge in [0.15, 0.2) is 0 Å². The van der Waals surface area contributed by atoms with Crippen molar-refractivity contribution in [2.45, 2.75) is 37.1 Å². The van der Waals surface area contributed by atoms with Crippen molar-refractivity contribution in [3.05, 3.63) is 29.3 Å². The molecular formula is C15H17NO2. The topological polar surface area (TPSA) is 29.5 Å². The first-order valence-corrected chi connectivity index (χ1v) is 6.75. The standard InChI is InChI=1S/C15H17NO2/c1-18-10-2-3-11-9-6-14-12(13(11)8-10)4-5-16(14)15(17)7-9/h2-3,8-9,12,14H,4-7H2,1H3/t9-,12+,14-/m1/s1. The number of hydrogen-bond acceptors (Lipinski definition) is 2. The predicted molar refractivity (Wildman–Crippen MR) is 67.8 cm³/mol. The highest BCUT2D eigenvalue weighted by Crippen LogP contribution is 2.51. The molecule has 2 heterocycles. The number of methoxy groups -OCH3 is 1. The molecule has 3 heteroatoms. The summed E-state index contributed by atoms with van der Waals surface area (Å²) in [6, 6.07) is 6.86. The van der Waals surface area contributed by atoms with E-state index in [4.69, 9.17) is 4.74 Å². The third-order valence-electron chi connectivity index (χ3n) is 4.95. The van der Waals surface area contributed by atoms with Gasteiger partial charge in [0.05, 0.1) is 7.11 Å². The van der Waals surface area contributed by atoms with Crippen molar-refractivity contribution >= 4 is 5.91 Å². The van der Waals surface area contributed by atoms with Gasteiger partial charge in [-0.3, -0.25) is 4.79 Å². The monoisotopic (exact) mass is 243 g/mol. The van der Waals surface area contributed by atoms with Crippen LogP contribution in [-0.2, 0) is 4.79 Å². The van der Waals surface area contributed by atoms with E-state index in [0.717, 1.165) is 25.1 Å². The van der Waals surface area contributed by atoms with E-state index in [1.165, 1.54) is 11.1 Å². The van der Waals surface area contributed by atoms with Crippen LogP contribution < -0.4 is 4.74 Å². The number of carbonyl (C=O) groups is 1. The molecule has 0 saturated carbocycles. The average molecular weight is 243 g/mol. The first-order valence-electron chi connectivity index (χ1n) is 6.75. The fourth-order valence-corrected chi connectivity index (χ4v) is 4.13. The third kappa shape index (κ3) is 1.22. The zero-order valence-corrected chi connectivity index (χ0v) is 10.6. The van der Waals surface area contributed by atoms with Crippen LogP contribution in [0.25, 0.3) is 0 Å². The van der Waals surface area contributed by atoms with Crippen LogP contribution >= 0.6 is 0 Å². The number of nitrogens with zero attached hydrogens (tertiary/aromatic N) is 1. The molecule has 3 aliphatic rings. The van der Waals surface area contributed by atoms with E-state index < -0.39 is 0 Å². The molecule has 4 rings (SSSR count). The van der Waals surface area contributed by atoms with Gasteiger partial charge in [0, 0.05) is 24.9 Å². The van der Waals surface area contributed by atoms with Crippen molar-refractivity contribution in [3.63, 3.8) is 0 Å². The molecule has 94 valence electrons. The maximum atomic E-state index is 12.1. The Labute approximate surface area is 107 Å².